The quantitative estimate of drug-likeness (QED) is 0.886. The molecule has 0 spiro atoms. The predicted molar refractivity (Wildman–Crippen MR) is 96.9 cm³/mol. The molecular formula is C20H26N2O4. The highest BCUT2D eigenvalue weighted by Gasteiger charge is 2.56. The number of rotatable bonds is 4. The van der Waals surface area contributed by atoms with E-state index in [9.17, 15) is 14.7 Å². The Morgan fingerprint density at radius 2 is 1.96 bits per heavy atom. The van der Waals surface area contributed by atoms with Crippen molar-refractivity contribution in [1.82, 2.24) is 4.90 Å². The summed E-state index contributed by atoms with van der Waals surface area (Å²) in [5, 5.41) is 9.98. The van der Waals surface area contributed by atoms with Crippen LogP contribution in [0.15, 0.2) is 24.3 Å². The maximum absolute atomic E-state index is 13.1. The van der Waals surface area contributed by atoms with Crippen LogP contribution in [0.5, 0.6) is 0 Å². The van der Waals surface area contributed by atoms with Gasteiger partial charge in [-0.1, -0.05) is 31.0 Å². The molecule has 1 aliphatic carbocycles. The number of aliphatic hydroxyl groups excluding tert-OH is 1. The first-order chi connectivity index (χ1) is 12.7. The SMILES string of the molecule is COCC(=O)N1C[C@H]2[C@@H](c3ccccc31)[C@@H](CO)N2C(=O)C1CCCC1. The van der Waals surface area contributed by atoms with E-state index in [1.54, 1.807) is 4.90 Å². The van der Waals surface area contributed by atoms with E-state index in [0.717, 1.165) is 36.9 Å². The molecule has 1 aromatic rings. The molecule has 140 valence electrons. The first-order valence-electron chi connectivity index (χ1n) is 9.48. The van der Waals surface area contributed by atoms with Gasteiger partial charge < -0.3 is 19.6 Å². The molecule has 2 amide bonds. The van der Waals surface area contributed by atoms with Gasteiger partial charge in [-0.05, 0) is 24.5 Å². The van der Waals surface area contributed by atoms with Gasteiger partial charge in [-0.3, -0.25) is 9.59 Å². The Balaban J connectivity index is 1.66. The summed E-state index contributed by atoms with van der Waals surface area (Å²) in [6.07, 6.45) is 4.08. The molecule has 1 aromatic carbocycles. The van der Waals surface area contributed by atoms with Crippen LogP contribution in [-0.2, 0) is 14.3 Å². The minimum absolute atomic E-state index is 0.0196. The summed E-state index contributed by atoms with van der Waals surface area (Å²) in [6, 6.07) is 7.58. The number of methoxy groups -OCH3 is 1. The topological polar surface area (TPSA) is 70.1 Å². The van der Waals surface area contributed by atoms with Crippen LogP contribution >= 0.6 is 0 Å². The molecule has 1 saturated carbocycles. The molecule has 1 saturated heterocycles. The molecule has 0 aromatic heterocycles. The fourth-order valence-corrected chi connectivity index (χ4v) is 5.01. The number of ether oxygens (including phenoxy) is 1. The Morgan fingerprint density at radius 3 is 2.65 bits per heavy atom. The number of aliphatic hydroxyl groups is 1. The highest BCUT2D eigenvalue weighted by molar-refractivity contribution is 5.96. The van der Waals surface area contributed by atoms with E-state index in [1.165, 1.54) is 7.11 Å². The summed E-state index contributed by atoms with van der Waals surface area (Å²) < 4.78 is 5.04. The number of hydrogen-bond donors (Lipinski definition) is 1. The smallest absolute Gasteiger partial charge is 0.253 e. The van der Waals surface area contributed by atoms with Crippen LogP contribution in [0.2, 0.25) is 0 Å². The van der Waals surface area contributed by atoms with Gasteiger partial charge in [0.25, 0.3) is 5.91 Å². The van der Waals surface area contributed by atoms with Crippen molar-refractivity contribution in [2.24, 2.45) is 5.92 Å². The molecule has 0 unspecified atom stereocenters. The van der Waals surface area contributed by atoms with Crippen LogP contribution in [0.1, 0.15) is 37.2 Å². The summed E-state index contributed by atoms with van der Waals surface area (Å²) in [6.45, 7) is 0.449. The van der Waals surface area contributed by atoms with Crippen LogP contribution in [0.3, 0.4) is 0 Å². The van der Waals surface area contributed by atoms with Gasteiger partial charge in [-0.25, -0.2) is 0 Å². The van der Waals surface area contributed by atoms with E-state index in [4.69, 9.17) is 4.74 Å². The lowest BCUT2D eigenvalue weighted by Crippen LogP contribution is -2.71. The molecule has 2 heterocycles. The molecular weight excluding hydrogens is 332 g/mol. The number of amides is 2. The highest BCUT2D eigenvalue weighted by Crippen LogP contribution is 2.49. The number of nitrogens with zero attached hydrogens (tertiary/aromatic N) is 2. The molecule has 4 rings (SSSR count). The molecule has 1 N–H and O–H groups in total. The summed E-state index contributed by atoms with van der Waals surface area (Å²) in [4.78, 5) is 29.2. The molecule has 0 bridgehead atoms. The van der Waals surface area contributed by atoms with Crippen molar-refractivity contribution in [1.29, 1.82) is 0 Å². The average Bonchev–Trinajstić information content (AvgIpc) is 3.17. The Bertz CT molecular complexity index is 701. The molecule has 6 heteroatoms. The number of hydrogen-bond acceptors (Lipinski definition) is 4. The van der Waals surface area contributed by atoms with E-state index < -0.39 is 0 Å². The Hall–Kier alpha value is -1.92. The second-order valence-corrected chi connectivity index (χ2v) is 7.57. The van der Waals surface area contributed by atoms with Crippen molar-refractivity contribution in [3.8, 4) is 0 Å². The molecule has 0 radical (unpaired) electrons. The zero-order chi connectivity index (χ0) is 18.3. The fraction of sp³-hybridized carbons (Fsp3) is 0.600. The van der Waals surface area contributed by atoms with Crippen molar-refractivity contribution >= 4 is 17.5 Å². The zero-order valence-corrected chi connectivity index (χ0v) is 15.1. The third-order valence-corrected chi connectivity index (χ3v) is 6.21. The van der Waals surface area contributed by atoms with E-state index in [-0.39, 0.29) is 48.9 Å². The summed E-state index contributed by atoms with van der Waals surface area (Å²) >= 11 is 0. The average molecular weight is 358 g/mol. The number of benzene rings is 1. The minimum atomic E-state index is -0.186. The Morgan fingerprint density at radius 1 is 1.23 bits per heavy atom. The number of carbonyl (C=O) groups is 2. The normalized spacial score (nSPS) is 27.7. The number of fused-ring (bicyclic) bond motifs is 3. The van der Waals surface area contributed by atoms with Crippen LogP contribution in [-0.4, -0.2) is 60.8 Å². The van der Waals surface area contributed by atoms with Crippen LogP contribution in [0.4, 0.5) is 5.69 Å². The number of carbonyl (C=O) groups excluding carboxylic acids is 2. The number of likely N-dealkylation sites (tertiary alicyclic amines) is 1. The van der Waals surface area contributed by atoms with Crippen molar-refractivity contribution in [3.63, 3.8) is 0 Å². The summed E-state index contributed by atoms with van der Waals surface area (Å²) in [7, 11) is 1.51. The van der Waals surface area contributed by atoms with Gasteiger partial charge in [0.1, 0.15) is 6.61 Å². The van der Waals surface area contributed by atoms with E-state index in [0.29, 0.717) is 6.54 Å². The van der Waals surface area contributed by atoms with E-state index in [1.807, 2.05) is 29.2 Å². The number of para-hydroxylation sites is 1. The Labute approximate surface area is 153 Å². The predicted octanol–water partition coefficient (Wildman–Crippen LogP) is 1.53. The van der Waals surface area contributed by atoms with Gasteiger partial charge >= 0.3 is 0 Å². The molecule has 3 atom stereocenters. The van der Waals surface area contributed by atoms with E-state index >= 15 is 0 Å². The maximum Gasteiger partial charge on any atom is 0.253 e. The van der Waals surface area contributed by atoms with Gasteiger partial charge in [0.2, 0.25) is 5.91 Å². The zero-order valence-electron chi connectivity index (χ0n) is 15.1. The first kappa shape index (κ1) is 17.5. The second-order valence-electron chi connectivity index (χ2n) is 7.57. The van der Waals surface area contributed by atoms with Gasteiger partial charge in [0.05, 0.1) is 18.7 Å². The second kappa shape index (κ2) is 7.00. The largest absolute Gasteiger partial charge is 0.394 e. The molecule has 2 fully saturated rings. The lowest BCUT2D eigenvalue weighted by atomic mass is 9.71. The minimum Gasteiger partial charge on any atom is -0.394 e. The van der Waals surface area contributed by atoms with Crippen molar-refractivity contribution < 1.29 is 19.4 Å². The van der Waals surface area contributed by atoms with Gasteiger partial charge in [-0.15, -0.1) is 0 Å². The molecule has 6 nitrogen and oxygen atoms in total. The van der Waals surface area contributed by atoms with Crippen molar-refractivity contribution in [2.45, 2.75) is 43.7 Å². The van der Waals surface area contributed by atoms with E-state index in [2.05, 4.69) is 0 Å². The lowest BCUT2D eigenvalue weighted by Gasteiger charge is -2.59. The highest BCUT2D eigenvalue weighted by atomic mass is 16.5. The van der Waals surface area contributed by atoms with Crippen molar-refractivity contribution in [2.75, 3.05) is 31.8 Å². The summed E-state index contributed by atoms with van der Waals surface area (Å²) in [5.74, 6) is 0.221. The van der Waals surface area contributed by atoms with Gasteiger partial charge in [0, 0.05) is 31.2 Å². The van der Waals surface area contributed by atoms with Gasteiger partial charge in [-0.2, -0.15) is 0 Å². The van der Waals surface area contributed by atoms with Crippen LogP contribution in [0.25, 0.3) is 0 Å². The monoisotopic (exact) mass is 358 g/mol. The Kier molecular flexibility index (Phi) is 4.71. The molecule has 3 aliphatic rings. The maximum atomic E-state index is 13.1. The lowest BCUT2D eigenvalue weighted by molar-refractivity contribution is -0.155. The van der Waals surface area contributed by atoms with Crippen LogP contribution < -0.4 is 4.90 Å². The first-order valence-corrected chi connectivity index (χ1v) is 9.48. The number of anilines is 1. The summed E-state index contributed by atoms with van der Waals surface area (Å²) in [5.41, 5.74) is 1.92. The molecule has 2 aliphatic heterocycles. The standard InChI is InChI=1S/C20H26N2O4/c1-26-12-18(24)21-10-16-19(14-8-4-5-9-15(14)21)17(11-23)22(16)20(25)13-6-2-3-7-13/h4-5,8-9,13,16-17,19,23H,2-3,6-7,10-12H2,1H3/t16-,17+,19+/m0/s1. The molecule has 26 heavy (non-hydrogen) atoms. The third kappa shape index (κ3) is 2.63. The van der Waals surface area contributed by atoms with Crippen molar-refractivity contribution in [3.05, 3.63) is 29.8 Å². The fourth-order valence-electron chi connectivity index (χ4n) is 5.01. The third-order valence-electron chi connectivity index (χ3n) is 6.21. The van der Waals surface area contributed by atoms with Gasteiger partial charge in [0.15, 0.2) is 0 Å². The van der Waals surface area contributed by atoms with Crippen LogP contribution in [0, 0.1) is 5.92 Å².